The second kappa shape index (κ2) is 18.8. The van der Waals surface area contributed by atoms with Gasteiger partial charge in [-0.05, 0) is 118 Å². The monoisotopic (exact) mass is 724 g/mol. The summed E-state index contributed by atoms with van der Waals surface area (Å²) in [7, 11) is 0. The van der Waals surface area contributed by atoms with Crippen LogP contribution in [0, 0.1) is 47.0 Å². The Balaban J connectivity index is 1.64. The first-order chi connectivity index (χ1) is 24.6. The number of aryl methyl sites for hydroxylation is 6. The Labute approximate surface area is 299 Å². The zero-order valence-electron chi connectivity index (χ0n) is 29.9. The van der Waals surface area contributed by atoms with Crippen LogP contribution >= 0.6 is 0 Å². The van der Waals surface area contributed by atoms with Crippen molar-refractivity contribution in [2.45, 2.75) is 61.3 Å². The van der Waals surface area contributed by atoms with Gasteiger partial charge in [-0.15, -0.1) is 0 Å². The highest BCUT2D eigenvalue weighted by molar-refractivity contribution is 5.90. The summed E-state index contributed by atoms with van der Waals surface area (Å²) in [6.45, 7) is 10.7. The van der Waals surface area contributed by atoms with Gasteiger partial charge in [0.05, 0.1) is 22.1 Å². The van der Waals surface area contributed by atoms with Gasteiger partial charge in [0.15, 0.2) is 0 Å². The van der Waals surface area contributed by atoms with E-state index in [1.807, 2.05) is 20.8 Å². The lowest BCUT2D eigenvalue weighted by molar-refractivity contribution is -0.217. The molecular formula is C37H40O15. The molecule has 0 aliphatic rings. The van der Waals surface area contributed by atoms with Crippen LogP contribution in [0.25, 0.3) is 0 Å². The van der Waals surface area contributed by atoms with Crippen molar-refractivity contribution in [3.05, 3.63) is 105 Å². The highest BCUT2D eigenvalue weighted by Gasteiger charge is 2.37. The number of rotatable bonds is 11. The van der Waals surface area contributed by atoms with Gasteiger partial charge < -0.3 is 14.2 Å². The first-order valence-electron chi connectivity index (χ1n) is 16.0. The van der Waals surface area contributed by atoms with E-state index < -0.39 is 61.6 Å². The molecule has 0 bridgehead atoms. The second-order valence-electron chi connectivity index (χ2n) is 12.1. The topological polar surface area (TPSA) is 185 Å². The summed E-state index contributed by atoms with van der Waals surface area (Å²) < 4.78 is 15.4. The fourth-order valence-electron chi connectivity index (χ4n) is 4.55. The van der Waals surface area contributed by atoms with E-state index >= 15 is 0 Å². The Bertz CT molecular complexity index is 1590. The second-order valence-corrected chi connectivity index (χ2v) is 12.1. The lowest BCUT2D eigenvalue weighted by Crippen LogP contribution is -2.40. The van der Waals surface area contributed by atoms with E-state index in [1.54, 1.807) is 64.1 Å². The van der Waals surface area contributed by atoms with Crippen molar-refractivity contribution < 1.29 is 72.3 Å². The van der Waals surface area contributed by atoms with Crippen LogP contribution in [0.4, 0.5) is 14.4 Å². The van der Waals surface area contributed by atoms with E-state index in [2.05, 4.69) is 29.3 Å². The van der Waals surface area contributed by atoms with Crippen molar-refractivity contribution in [1.82, 2.24) is 0 Å². The van der Waals surface area contributed by atoms with Gasteiger partial charge in [-0.3, -0.25) is 0 Å². The molecule has 0 fully saturated rings. The van der Waals surface area contributed by atoms with Crippen molar-refractivity contribution in [3.63, 3.8) is 0 Å². The van der Waals surface area contributed by atoms with Gasteiger partial charge in [-0.25, -0.2) is 43.7 Å². The molecule has 52 heavy (non-hydrogen) atoms. The Morgan fingerprint density at radius 2 is 0.731 bits per heavy atom. The maximum atomic E-state index is 12.4. The molecule has 0 radical (unpaired) electrons. The van der Waals surface area contributed by atoms with Crippen LogP contribution in [0.5, 0.6) is 0 Å². The summed E-state index contributed by atoms with van der Waals surface area (Å²) in [5.74, 6) is -2.91. The molecule has 3 rings (SSSR count). The van der Waals surface area contributed by atoms with Crippen molar-refractivity contribution in [2.24, 2.45) is 5.41 Å². The average molecular weight is 725 g/mol. The standard InChI is InChI=1S/C37H40O15/c1-8-15-37(19-44-34(41)50-47-31(38)28-12-9-22(2)25(5)16-28,20-45-35(42)51-48-32(39)29-13-10-23(3)26(6)17-29)21-46-36(43)52-49-33(40)30-14-11-24(4)27(7)18-30/h9-14,16-18H,8,15,19-21H2,1-7H3. The van der Waals surface area contributed by atoms with Crippen LogP contribution in [0.3, 0.4) is 0 Å². The molecule has 0 spiro atoms. The smallest absolute Gasteiger partial charge is 0.431 e. The van der Waals surface area contributed by atoms with Crippen LogP contribution in [0.1, 0.15) is 84.2 Å². The highest BCUT2D eigenvalue weighted by Crippen LogP contribution is 2.27. The Hall–Kier alpha value is -6.12. The molecule has 0 aliphatic carbocycles. The van der Waals surface area contributed by atoms with Gasteiger partial charge in [-0.2, -0.15) is 14.4 Å². The molecule has 0 unspecified atom stereocenters. The molecule has 0 amide bonds. The molecule has 0 saturated carbocycles. The molecule has 0 aliphatic heterocycles. The molecule has 278 valence electrons. The molecule has 3 aromatic carbocycles. The van der Waals surface area contributed by atoms with Crippen LogP contribution in [-0.4, -0.2) is 56.2 Å². The summed E-state index contributed by atoms with van der Waals surface area (Å²) in [6.07, 6.45) is -3.92. The fraction of sp³-hybridized carbons (Fsp3) is 0.351. The van der Waals surface area contributed by atoms with E-state index in [4.69, 9.17) is 14.2 Å². The zero-order chi connectivity index (χ0) is 38.4. The van der Waals surface area contributed by atoms with Crippen LogP contribution in [0.2, 0.25) is 0 Å². The molecule has 0 atom stereocenters. The predicted octanol–water partition coefficient (Wildman–Crippen LogP) is 7.40. The van der Waals surface area contributed by atoms with Crippen molar-refractivity contribution in [1.29, 1.82) is 0 Å². The highest BCUT2D eigenvalue weighted by atomic mass is 17.2. The summed E-state index contributed by atoms with van der Waals surface area (Å²) in [5.41, 5.74) is 4.06. The predicted molar refractivity (Wildman–Crippen MR) is 179 cm³/mol. The molecule has 0 aromatic heterocycles. The Morgan fingerprint density at radius 3 is 0.981 bits per heavy atom. The molecule has 15 nitrogen and oxygen atoms in total. The van der Waals surface area contributed by atoms with E-state index in [9.17, 15) is 28.8 Å². The van der Waals surface area contributed by atoms with Crippen molar-refractivity contribution in [2.75, 3.05) is 19.8 Å². The number of carbonyl (C=O) groups excluding carboxylic acids is 6. The third kappa shape index (κ3) is 12.0. The lowest BCUT2D eigenvalue weighted by Gasteiger charge is -2.30. The maximum Gasteiger partial charge on any atom is 0.549 e. The van der Waals surface area contributed by atoms with Crippen LogP contribution in [0.15, 0.2) is 54.6 Å². The Kier molecular flexibility index (Phi) is 14.5. The zero-order valence-corrected chi connectivity index (χ0v) is 29.9. The maximum absolute atomic E-state index is 12.4. The first-order valence-corrected chi connectivity index (χ1v) is 16.0. The molecule has 0 saturated heterocycles. The number of hydrogen-bond acceptors (Lipinski definition) is 15. The van der Waals surface area contributed by atoms with Gasteiger partial charge in [0, 0.05) is 0 Å². The molecule has 0 N–H and O–H groups in total. The molecule has 0 heterocycles. The first kappa shape index (κ1) is 40.3. The minimum Gasteiger partial charge on any atom is -0.431 e. The SMILES string of the molecule is CCCC(COC(=O)OOC(=O)c1ccc(C)c(C)c1)(COC(=O)OOC(=O)c1ccc(C)c(C)c1)COC(=O)OOC(=O)c1ccc(C)c(C)c1. The number of carbonyl (C=O) groups is 6. The van der Waals surface area contributed by atoms with Crippen molar-refractivity contribution in [3.8, 4) is 0 Å². The summed E-state index contributed by atoms with van der Waals surface area (Å²) in [6, 6.07) is 14.2. The quantitative estimate of drug-likeness (QED) is 0.0823. The van der Waals surface area contributed by atoms with E-state index in [-0.39, 0.29) is 23.1 Å². The van der Waals surface area contributed by atoms with Crippen molar-refractivity contribution >= 4 is 36.4 Å². The number of benzene rings is 3. The third-order valence-electron chi connectivity index (χ3n) is 8.05. The van der Waals surface area contributed by atoms with Gasteiger partial charge >= 0.3 is 36.4 Å². The minimum absolute atomic E-state index is 0.0775. The average Bonchev–Trinajstić information content (AvgIpc) is 3.12. The Morgan fingerprint density at radius 1 is 0.442 bits per heavy atom. The van der Waals surface area contributed by atoms with E-state index in [0.717, 1.165) is 33.4 Å². The van der Waals surface area contributed by atoms with Gasteiger partial charge in [-0.1, -0.05) is 31.5 Å². The summed E-state index contributed by atoms with van der Waals surface area (Å²) >= 11 is 0. The molecule has 3 aromatic rings. The third-order valence-corrected chi connectivity index (χ3v) is 8.05. The van der Waals surface area contributed by atoms with E-state index in [0.29, 0.717) is 6.42 Å². The molecule has 15 heteroatoms. The van der Waals surface area contributed by atoms with Crippen LogP contribution in [-0.2, 0) is 43.5 Å². The largest absolute Gasteiger partial charge is 0.549 e. The fourth-order valence-corrected chi connectivity index (χ4v) is 4.55. The molecular weight excluding hydrogens is 684 g/mol. The normalized spacial score (nSPS) is 10.7. The minimum atomic E-state index is -1.50. The summed E-state index contributed by atoms with van der Waals surface area (Å²) in [5, 5.41) is 0. The number of hydrogen-bond donors (Lipinski definition) is 0. The van der Waals surface area contributed by atoms with Gasteiger partial charge in [0.25, 0.3) is 0 Å². The van der Waals surface area contributed by atoms with Gasteiger partial charge in [0.1, 0.15) is 19.8 Å². The lowest BCUT2D eigenvalue weighted by atomic mass is 9.86. The van der Waals surface area contributed by atoms with E-state index in [1.165, 1.54) is 18.2 Å². The number of ether oxygens (including phenoxy) is 3. The van der Waals surface area contributed by atoms with Crippen LogP contribution < -0.4 is 0 Å². The summed E-state index contributed by atoms with van der Waals surface area (Å²) in [4.78, 5) is 102. The van der Waals surface area contributed by atoms with Gasteiger partial charge in [0.2, 0.25) is 0 Å².